The van der Waals surface area contributed by atoms with E-state index >= 15 is 0 Å². The van der Waals surface area contributed by atoms with E-state index in [4.69, 9.17) is 8.94 Å². The SMILES string of the molecule is Cc1cc(CN(C)C(=O)C2CCCN(Cc3ccco3)C2)no1. The Balaban J connectivity index is 1.55. The van der Waals surface area contributed by atoms with Crippen LogP contribution < -0.4 is 0 Å². The molecule has 0 saturated carbocycles. The lowest BCUT2D eigenvalue weighted by atomic mass is 9.96. The molecule has 0 radical (unpaired) electrons. The zero-order valence-electron chi connectivity index (χ0n) is 13.7. The Morgan fingerprint density at radius 3 is 3.09 bits per heavy atom. The highest BCUT2D eigenvalue weighted by Gasteiger charge is 2.28. The van der Waals surface area contributed by atoms with Crippen LogP contribution in [0.4, 0.5) is 0 Å². The minimum absolute atomic E-state index is 0.0386. The van der Waals surface area contributed by atoms with E-state index in [1.165, 1.54) is 0 Å². The van der Waals surface area contributed by atoms with E-state index in [0.29, 0.717) is 6.54 Å². The lowest BCUT2D eigenvalue weighted by molar-refractivity contribution is -0.136. The maximum absolute atomic E-state index is 12.7. The number of likely N-dealkylation sites (tertiary alicyclic amines) is 1. The van der Waals surface area contributed by atoms with Crippen molar-refractivity contribution in [1.82, 2.24) is 15.0 Å². The number of carbonyl (C=O) groups excluding carboxylic acids is 1. The topological polar surface area (TPSA) is 62.7 Å². The van der Waals surface area contributed by atoms with Crippen molar-refractivity contribution in [3.8, 4) is 0 Å². The van der Waals surface area contributed by atoms with Gasteiger partial charge in [-0.05, 0) is 38.4 Å². The second-order valence-corrected chi connectivity index (χ2v) is 6.28. The van der Waals surface area contributed by atoms with Crippen LogP contribution >= 0.6 is 0 Å². The Kier molecular flexibility index (Phi) is 4.81. The van der Waals surface area contributed by atoms with Crippen LogP contribution in [0, 0.1) is 12.8 Å². The van der Waals surface area contributed by atoms with Crippen LogP contribution in [0.15, 0.2) is 33.4 Å². The van der Waals surface area contributed by atoms with Gasteiger partial charge in [0, 0.05) is 19.7 Å². The van der Waals surface area contributed by atoms with Crippen LogP contribution in [0.5, 0.6) is 0 Å². The zero-order chi connectivity index (χ0) is 16.2. The fraction of sp³-hybridized carbons (Fsp3) is 0.529. The smallest absolute Gasteiger partial charge is 0.227 e. The molecule has 6 heteroatoms. The van der Waals surface area contributed by atoms with Gasteiger partial charge in [0.2, 0.25) is 5.91 Å². The number of nitrogens with zero attached hydrogens (tertiary/aromatic N) is 3. The summed E-state index contributed by atoms with van der Waals surface area (Å²) in [6.07, 6.45) is 3.67. The third-order valence-corrected chi connectivity index (χ3v) is 4.27. The van der Waals surface area contributed by atoms with Crippen molar-refractivity contribution in [2.45, 2.75) is 32.9 Å². The molecular weight excluding hydrogens is 294 g/mol. The van der Waals surface area contributed by atoms with Gasteiger partial charge in [-0.25, -0.2) is 0 Å². The Labute approximate surface area is 136 Å². The van der Waals surface area contributed by atoms with Crippen molar-refractivity contribution in [2.75, 3.05) is 20.1 Å². The fourth-order valence-corrected chi connectivity index (χ4v) is 3.15. The minimum atomic E-state index is 0.0386. The predicted molar refractivity (Wildman–Crippen MR) is 84.4 cm³/mol. The molecule has 1 amide bonds. The van der Waals surface area contributed by atoms with Crippen LogP contribution in [-0.2, 0) is 17.9 Å². The summed E-state index contributed by atoms with van der Waals surface area (Å²) < 4.78 is 10.5. The maximum Gasteiger partial charge on any atom is 0.227 e. The summed E-state index contributed by atoms with van der Waals surface area (Å²) in [4.78, 5) is 16.7. The maximum atomic E-state index is 12.7. The van der Waals surface area contributed by atoms with E-state index < -0.39 is 0 Å². The zero-order valence-corrected chi connectivity index (χ0v) is 13.7. The van der Waals surface area contributed by atoms with Crippen LogP contribution in [0.3, 0.4) is 0 Å². The summed E-state index contributed by atoms with van der Waals surface area (Å²) in [5, 5.41) is 3.96. The molecule has 3 rings (SSSR count). The molecule has 2 aromatic rings. The number of hydrogen-bond acceptors (Lipinski definition) is 5. The average molecular weight is 317 g/mol. The van der Waals surface area contributed by atoms with Crippen molar-refractivity contribution >= 4 is 5.91 Å². The molecule has 0 bridgehead atoms. The number of carbonyl (C=O) groups is 1. The van der Waals surface area contributed by atoms with Gasteiger partial charge in [0.1, 0.15) is 17.2 Å². The summed E-state index contributed by atoms with van der Waals surface area (Å²) in [7, 11) is 1.83. The van der Waals surface area contributed by atoms with Gasteiger partial charge in [0.25, 0.3) is 0 Å². The van der Waals surface area contributed by atoms with Gasteiger partial charge >= 0.3 is 0 Å². The molecule has 23 heavy (non-hydrogen) atoms. The standard InChI is InChI=1S/C17H23N3O3/c1-13-9-15(18-23-13)11-19(2)17(21)14-5-3-7-20(10-14)12-16-6-4-8-22-16/h4,6,8-9,14H,3,5,7,10-12H2,1-2H3. The number of rotatable bonds is 5. The molecule has 2 aromatic heterocycles. The summed E-state index contributed by atoms with van der Waals surface area (Å²) >= 11 is 0. The van der Waals surface area contributed by atoms with E-state index in [2.05, 4.69) is 10.1 Å². The normalized spacial score (nSPS) is 19.0. The van der Waals surface area contributed by atoms with E-state index in [0.717, 1.165) is 49.7 Å². The number of furan rings is 1. The highest BCUT2D eigenvalue weighted by molar-refractivity contribution is 5.78. The van der Waals surface area contributed by atoms with Crippen LogP contribution in [0.2, 0.25) is 0 Å². The number of aryl methyl sites for hydroxylation is 1. The first-order chi connectivity index (χ1) is 11.1. The lowest BCUT2D eigenvalue weighted by Crippen LogP contribution is -2.43. The molecule has 1 aliphatic heterocycles. The summed E-state index contributed by atoms with van der Waals surface area (Å²) in [5.74, 6) is 1.93. The third kappa shape index (κ3) is 4.01. The Morgan fingerprint density at radius 1 is 1.52 bits per heavy atom. The fourth-order valence-electron chi connectivity index (χ4n) is 3.15. The Bertz CT molecular complexity index is 635. The first-order valence-corrected chi connectivity index (χ1v) is 8.03. The van der Waals surface area contributed by atoms with E-state index in [1.54, 1.807) is 11.2 Å². The molecule has 3 heterocycles. The quantitative estimate of drug-likeness (QED) is 0.847. The summed E-state index contributed by atoms with van der Waals surface area (Å²) in [6, 6.07) is 5.74. The molecule has 0 aliphatic carbocycles. The van der Waals surface area contributed by atoms with Gasteiger partial charge < -0.3 is 13.8 Å². The molecule has 0 N–H and O–H groups in total. The average Bonchev–Trinajstić information content (AvgIpc) is 3.18. The molecule has 0 aromatic carbocycles. The second-order valence-electron chi connectivity index (χ2n) is 6.28. The van der Waals surface area contributed by atoms with Crippen molar-refractivity contribution in [2.24, 2.45) is 5.92 Å². The molecule has 1 unspecified atom stereocenters. The largest absolute Gasteiger partial charge is 0.468 e. The molecule has 0 spiro atoms. The first-order valence-electron chi connectivity index (χ1n) is 8.03. The van der Waals surface area contributed by atoms with Gasteiger partial charge in [-0.1, -0.05) is 5.16 Å². The molecule has 1 aliphatic rings. The van der Waals surface area contributed by atoms with E-state index in [9.17, 15) is 4.79 Å². The van der Waals surface area contributed by atoms with Crippen molar-refractivity contribution in [3.05, 3.63) is 41.7 Å². The highest BCUT2D eigenvalue weighted by atomic mass is 16.5. The van der Waals surface area contributed by atoms with Gasteiger partial charge in [-0.3, -0.25) is 9.69 Å². The Hall–Kier alpha value is -2.08. The highest BCUT2D eigenvalue weighted by Crippen LogP contribution is 2.21. The molecule has 1 atom stereocenters. The van der Waals surface area contributed by atoms with Crippen LogP contribution in [0.1, 0.15) is 30.1 Å². The molecule has 1 fully saturated rings. The van der Waals surface area contributed by atoms with Crippen molar-refractivity contribution in [3.63, 3.8) is 0 Å². The van der Waals surface area contributed by atoms with Gasteiger partial charge in [0.15, 0.2) is 0 Å². The van der Waals surface area contributed by atoms with Gasteiger partial charge in [0.05, 0.1) is 25.3 Å². The monoisotopic (exact) mass is 317 g/mol. The third-order valence-electron chi connectivity index (χ3n) is 4.27. The van der Waals surface area contributed by atoms with Crippen LogP contribution in [-0.4, -0.2) is 41.0 Å². The lowest BCUT2D eigenvalue weighted by Gasteiger charge is -2.33. The molecule has 6 nitrogen and oxygen atoms in total. The van der Waals surface area contributed by atoms with Gasteiger partial charge in [-0.15, -0.1) is 0 Å². The number of amides is 1. The number of piperidine rings is 1. The Morgan fingerprint density at radius 2 is 2.39 bits per heavy atom. The van der Waals surface area contributed by atoms with Crippen molar-refractivity contribution in [1.29, 1.82) is 0 Å². The van der Waals surface area contributed by atoms with E-state index in [1.807, 2.05) is 32.2 Å². The predicted octanol–water partition coefficient (Wildman–Crippen LogP) is 2.45. The molecule has 1 saturated heterocycles. The van der Waals surface area contributed by atoms with Crippen LogP contribution in [0.25, 0.3) is 0 Å². The first kappa shape index (κ1) is 15.8. The second kappa shape index (κ2) is 7.00. The summed E-state index contributed by atoms with van der Waals surface area (Å²) in [5.41, 5.74) is 0.793. The van der Waals surface area contributed by atoms with Crippen molar-refractivity contribution < 1.29 is 13.7 Å². The summed E-state index contributed by atoms with van der Waals surface area (Å²) in [6.45, 7) is 4.90. The molecular formula is C17H23N3O3. The number of aromatic nitrogens is 1. The van der Waals surface area contributed by atoms with E-state index in [-0.39, 0.29) is 11.8 Å². The number of hydrogen-bond donors (Lipinski definition) is 0. The minimum Gasteiger partial charge on any atom is -0.468 e. The molecule has 124 valence electrons. The van der Waals surface area contributed by atoms with Gasteiger partial charge in [-0.2, -0.15) is 0 Å².